The predicted molar refractivity (Wildman–Crippen MR) is 73.4 cm³/mol. The van der Waals surface area contributed by atoms with Gasteiger partial charge in [-0.2, -0.15) is 5.26 Å². The summed E-state index contributed by atoms with van der Waals surface area (Å²) in [6.07, 6.45) is 3.07. The molecule has 0 saturated carbocycles. The van der Waals surface area contributed by atoms with Crippen LogP contribution in [0.2, 0.25) is 10.0 Å². The summed E-state index contributed by atoms with van der Waals surface area (Å²) in [7, 11) is 0. The van der Waals surface area contributed by atoms with E-state index in [2.05, 4.69) is 4.98 Å². The molecule has 0 radical (unpaired) electrons. The molecule has 0 fully saturated rings. The Hall–Kier alpha value is -1.89. The van der Waals surface area contributed by atoms with Crippen molar-refractivity contribution in [2.75, 3.05) is 0 Å². The van der Waals surface area contributed by atoms with Crippen molar-refractivity contribution < 1.29 is 4.79 Å². The molecule has 0 aliphatic rings. The summed E-state index contributed by atoms with van der Waals surface area (Å²) < 4.78 is 0. The summed E-state index contributed by atoms with van der Waals surface area (Å²) in [6.45, 7) is 0. The second-order valence-electron chi connectivity index (χ2n) is 3.81. The number of hydrogen-bond donors (Lipinski definition) is 0. The minimum Gasteiger partial charge on any atom is -0.292 e. The summed E-state index contributed by atoms with van der Waals surface area (Å²) in [5.41, 5.74) is 0.774. The van der Waals surface area contributed by atoms with Crippen LogP contribution < -0.4 is 0 Å². The first kappa shape index (κ1) is 13.5. The van der Waals surface area contributed by atoms with Gasteiger partial charge in [-0.05, 0) is 23.8 Å². The Morgan fingerprint density at radius 1 is 1.26 bits per heavy atom. The first-order valence-electron chi connectivity index (χ1n) is 5.43. The molecule has 2 aromatic rings. The van der Waals surface area contributed by atoms with Crippen molar-refractivity contribution in [2.24, 2.45) is 0 Å². The number of benzene rings is 1. The SMILES string of the molecule is N#CC(C(=O)c1cccc(Cl)c1Cl)c1cccnc1. The molecule has 1 atom stereocenters. The highest BCUT2D eigenvalue weighted by Gasteiger charge is 2.24. The number of pyridine rings is 1. The number of Topliss-reactive ketones (excluding diaryl/α,β-unsaturated/α-hetero) is 1. The van der Waals surface area contributed by atoms with Gasteiger partial charge in [0.2, 0.25) is 0 Å². The zero-order valence-corrected chi connectivity index (χ0v) is 11.2. The number of aromatic nitrogens is 1. The molecule has 0 N–H and O–H groups in total. The third-order valence-corrected chi connectivity index (χ3v) is 3.44. The standard InChI is InChI=1S/C14H8Cl2N2O/c15-12-5-1-4-10(13(12)16)14(19)11(7-17)9-3-2-6-18-8-9/h1-6,8,11H. The van der Waals surface area contributed by atoms with Gasteiger partial charge in [-0.25, -0.2) is 0 Å². The maximum Gasteiger partial charge on any atom is 0.186 e. The van der Waals surface area contributed by atoms with E-state index in [4.69, 9.17) is 23.2 Å². The highest BCUT2D eigenvalue weighted by molar-refractivity contribution is 6.44. The largest absolute Gasteiger partial charge is 0.292 e. The third kappa shape index (κ3) is 2.76. The molecule has 1 unspecified atom stereocenters. The molecule has 0 aliphatic heterocycles. The molecular weight excluding hydrogens is 283 g/mol. The fourth-order valence-electron chi connectivity index (χ4n) is 1.68. The van der Waals surface area contributed by atoms with Gasteiger partial charge < -0.3 is 0 Å². The Balaban J connectivity index is 2.43. The number of rotatable bonds is 3. The van der Waals surface area contributed by atoms with E-state index in [1.165, 1.54) is 6.20 Å². The Morgan fingerprint density at radius 2 is 2.05 bits per heavy atom. The number of nitrogens with zero attached hydrogens (tertiary/aromatic N) is 2. The smallest absolute Gasteiger partial charge is 0.186 e. The van der Waals surface area contributed by atoms with Crippen LogP contribution >= 0.6 is 23.2 Å². The second-order valence-corrected chi connectivity index (χ2v) is 4.60. The molecule has 0 bridgehead atoms. The second kappa shape index (κ2) is 5.83. The quantitative estimate of drug-likeness (QED) is 0.806. The fraction of sp³-hybridized carbons (Fsp3) is 0.0714. The van der Waals surface area contributed by atoms with Crippen molar-refractivity contribution in [3.05, 3.63) is 63.9 Å². The van der Waals surface area contributed by atoms with Crippen LogP contribution in [0, 0.1) is 11.3 Å². The molecule has 5 heteroatoms. The molecule has 1 heterocycles. The van der Waals surface area contributed by atoms with E-state index in [0.717, 1.165) is 0 Å². The molecule has 0 aliphatic carbocycles. The van der Waals surface area contributed by atoms with Gasteiger partial charge in [0, 0.05) is 18.0 Å². The monoisotopic (exact) mass is 290 g/mol. The van der Waals surface area contributed by atoms with Crippen LogP contribution in [0.5, 0.6) is 0 Å². The predicted octanol–water partition coefficient (Wildman–Crippen LogP) is 3.88. The fourth-order valence-corrected chi connectivity index (χ4v) is 2.07. The van der Waals surface area contributed by atoms with E-state index < -0.39 is 5.92 Å². The van der Waals surface area contributed by atoms with Crippen LogP contribution in [0.3, 0.4) is 0 Å². The summed E-state index contributed by atoms with van der Waals surface area (Å²) >= 11 is 11.9. The zero-order chi connectivity index (χ0) is 13.8. The first-order valence-corrected chi connectivity index (χ1v) is 6.18. The molecule has 19 heavy (non-hydrogen) atoms. The van der Waals surface area contributed by atoms with E-state index in [9.17, 15) is 10.1 Å². The average Bonchev–Trinajstić information content (AvgIpc) is 2.44. The lowest BCUT2D eigenvalue weighted by atomic mass is 9.93. The molecule has 0 saturated heterocycles. The minimum absolute atomic E-state index is 0.165. The summed E-state index contributed by atoms with van der Waals surface area (Å²) in [5, 5.41) is 9.65. The van der Waals surface area contributed by atoms with Crippen molar-refractivity contribution in [2.45, 2.75) is 5.92 Å². The van der Waals surface area contributed by atoms with E-state index in [0.29, 0.717) is 5.56 Å². The number of carbonyl (C=O) groups is 1. The van der Waals surface area contributed by atoms with Crippen LogP contribution in [0.4, 0.5) is 0 Å². The van der Waals surface area contributed by atoms with Crippen LogP contribution in [0.1, 0.15) is 21.8 Å². The highest BCUT2D eigenvalue weighted by Crippen LogP contribution is 2.29. The van der Waals surface area contributed by atoms with Crippen LogP contribution in [0.25, 0.3) is 0 Å². The number of carbonyl (C=O) groups excluding carboxylic acids is 1. The average molecular weight is 291 g/mol. The van der Waals surface area contributed by atoms with E-state index in [1.54, 1.807) is 36.5 Å². The lowest BCUT2D eigenvalue weighted by Crippen LogP contribution is -2.12. The van der Waals surface area contributed by atoms with Gasteiger partial charge in [0.25, 0.3) is 0 Å². The number of nitriles is 1. The van der Waals surface area contributed by atoms with Gasteiger partial charge in [0.15, 0.2) is 5.78 Å². The molecule has 1 aromatic heterocycles. The molecule has 3 nitrogen and oxygen atoms in total. The number of hydrogen-bond acceptors (Lipinski definition) is 3. The lowest BCUT2D eigenvalue weighted by Gasteiger charge is -2.10. The molecule has 0 amide bonds. The Morgan fingerprint density at radius 3 is 2.68 bits per heavy atom. The Labute approximate surface area is 120 Å². The molecule has 0 spiro atoms. The van der Waals surface area contributed by atoms with E-state index >= 15 is 0 Å². The molecular formula is C14H8Cl2N2O. The van der Waals surface area contributed by atoms with Crippen molar-refractivity contribution in [1.29, 1.82) is 5.26 Å². The van der Waals surface area contributed by atoms with Crippen molar-refractivity contribution in [3.63, 3.8) is 0 Å². The molecule has 94 valence electrons. The van der Waals surface area contributed by atoms with Gasteiger partial charge in [-0.1, -0.05) is 35.3 Å². The lowest BCUT2D eigenvalue weighted by molar-refractivity contribution is 0.0979. The van der Waals surface area contributed by atoms with Gasteiger partial charge in [0.05, 0.1) is 16.1 Å². The maximum absolute atomic E-state index is 12.4. The van der Waals surface area contributed by atoms with Crippen LogP contribution in [-0.2, 0) is 0 Å². The van der Waals surface area contributed by atoms with Crippen molar-refractivity contribution in [3.8, 4) is 6.07 Å². The topological polar surface area (TPSA) is 53.8 Å². The summed E-state index contributed by atoms with van der Waals surface area (Å²) in [5.74, 6) is -1.33. The third-order valence-electron chi connectivity index (χ3n) is 2.63. The minimum atomic E-state index is -0.940. The van der Waals surface area contributed by atoms with Crippen LogP contribution in [-0.4, -0.2) is 10.8 Å². The van der Waals surface area contributed by atoms with E-state index in [-0.39, 0.29) is 21.4 Å². The number of ketones is 1. The molecule has 2 rings (SSSR count). The maximum atomic E-state index is 12.4. The normalized spacial score (nSPS) is 11.6. The molecule has 1 aromatic carbocycles. The van der Waals surface area contributed by atoms with Crippen molar-refractivity contribution in [1.82, 2.24) is 4.98 Å². The first-order chi connectivity index (χ1) is 9.15. The summed E-state index contributed by atoms with van der Waals surface area (Å²) in [4.78, 5) is 16.3. The summed E-state index contributed by atoms with van der Waals surface area (Å²) in [6, 6.07) is 10.1. The van der Waals surface area contributed by atoms with Crippen molar-refractivity contribution >= 4 is 29.0 Å². The Kier molecular flexibility index (Phi) is 4.16. The van der Waals surface area contributed by atoms with Gasteiger partial charge in [0.1, 0.15) is 5.92 Å². The van der Waals surface area contributed by atoms with Gasteiger partial charge in [-0.3, -0.25) is 9.78 Å². The number of halogens is 2. The Bertz CT molecular complexity index is 650. The van der Waals surface area contributed by atoms with Gasteiger partial charge in [-0.15, -0.1) is 0 Å². The van der Waals surface area contributed by atoms with Crippen LogP contribution in [0.15, 0.2) is 42.7 Å². The highest BCUT2D eigenvalue weighted by atomic mass is 35.5. The zero-order valence-electron chi connectivity index (χ0n) is 9.68. The van der Waals surface area contributed by atoms with Gasteiger partial charge >= 0.3 is 0 Å². The van der Waals surface area contributed by atoms with E-state index in [1.807, 2.05) is 6.07 Å².